The second-order valence-electron chi connectivity index (χ2n) is 7.58. The molecule has 1 fully saturated rings. The van der Waals surface area contributed by atoms with Crippen LogP contribution in [0.1, 0.15) is 55.5 Å². The predicted octanol–water partition coefficient (Wildman–Crippen LogP) is 5.88. The van der Waals surface area contributed by atoms with Gasteiger partial charge in [-0.15, -0.1) is 0 Å². The molecule has 134 valence electrons. The minimum atomic E-state index is 0.262. The summed E-state index contributed by atoms with van der Waals surface area (Å²) in [5.74, 6) is 1.44. The molecule has 3 aromatic rings. The Kier molecular flexibility index (Phi) is 4.87. The first-order valence-electron chi connectivity index (χ1n) is 9.70. The molecule has 0 spiro atoms. The maximum atomic E-state index is 5.56. The van der Waals surface area contributed by atoms with Crippen LogP contribution in [0.2, 0.25) is 0 Å². The molecule has 0 saturated heterocycles. The summed E-state index contributed by atoms with van der Waals surface area (Å²) < 4.78 is 5.56. The third-order valence-corrected chi connectivity index (χ3v) is 5.79. The minimum absolute atomic E-state index is 0.262. The summed E-state index contributed by atoms with van der Waals surface area (Å²) in [5, 5.41) is 4.19. The molecular formula is C23H26N2O. The van der Waals surface area contributed by atoms with E-state index in [0.717, 1.165) is 24.3 Å². The lowest BCUT2D eigenvalue weighted by atomic mass is 9.67. The molecule has 0 radical (unpaired) electrons. The lowest BCUT2D eigenvalue weighted by Gasteiger charge is -2.38. The Morgan fingerprint density at radius 3 is 2.38 bits per heavy atom. The highest BCUT2D eigenvalue weighted by molar-refractivity contribution is 5.54. The van der Waals surface area contributed by atoms with Gasteiger partial charge < -0.3 is 4.52 Å². The molecule has 0 N–H and O–H groups in total. The van der Waals surface area contributed by atoms with Gasteiger partial charge in [0.2, 0.25) is 11.7 Å². The SMILES string of the molecule is Cc1ccc(-c2noc(CCC3(c4ccccc4)CCCCC3)n2)cc1. The zero-order valence-corrected chi connectivity index (χ0v) is 15.4. The molecule has 2 aromatic carbocycles. The number of aryl methyl sites for hydroxylation is 2. The molecule has 1 aromatic heterocycles. The lowest BCUT2D eigenvalue weighted by Crippen LogP contribution is -2.29. The first-order valence-corrected chi connectivity index (χ1v) is 9.70. The summed E-state index contributed by atoms with van der Waals surface area (Å²) in [6.45, 7) is 2.08. The molecule has 26 heavy (non-hydrogen) atoms. The van der Waals surface area contributed by atoms with Crippen LogP contribution in [0.25, 0.3) is 11.4 Å². The number of hydrogen-bond acceptors (Lipinski definition) is 3. The number of hydrogen-bond donors (Lipinski definition) is 0. The maximum Gasteiger partial charge on any atom is 0.226 e. The molecule has 1 aliphatic rings. The Morgan fingerprint density at radius 2 is 1.65 bits per heavy atom. The largest absolute Gasteiger partial charge is 0.339 e. The lowest BCUT2D eigenvalue weighted by molar-refractivity contribution is 0.261. The Hall–Kier alpha value is -2.42. The highest BCUT2D eigenvalue weighted by Crippen LogP contribution is 2.42. The molecule has 0 unspecified atom stereocenters. The average Bonchev–Trinajstić information content (AvgIpc) is 3.17. The average molecular weight is 346 g/mol. The summed E-state index contributed by atoms with van der Waals surface area (Å²) in [6.07, 6.45) is 8.42. The summed E-state index contributed by atoms with van der Waals surface area (Å²) >= 11 is 0. The molecule has 1 heterocycles. The van der Waals surface area contributed by atoms with E-state index < -0.39 is 0 Å². The van der Waals surface area contributed by atoms with Crippen molar-refractivity contribution in [2.45, 2.75) is 57.3 Å². The van der Waals surface area contributed by atoms with Gasteiger partial charge in [-0.1, -0.05) is 84.6 Å². The monoisotopic (exact) mass is 346 g/mol. The van der Waals surface area contributed by atoms with Crippen molar-refractivity contribution in [1.82, 2.24) is 10.1 Å². The first-order chi connectivity index (χ1) is 12.8. The molecule has 3 heteroatoms. The van der Waals surface area contributed by atoms with E-state index in [9.17, 15) is 0 Å². The van der Waals surface area contributed by atoms with Crippen LogP contribution in [0.3, 0.4) is 0 Å². The van der Waals surface area contributed by atoms with Crippen molar-refractivity contribution in [2.75, 3.05) is 0 Å². The van der Waals surface area contributed by atoms with Crippen LogP contribution >= 0.6 is 0 Å². The van der Waals surface area contributed by atoms with Gasteiger partial charge in [0, 0.05) is 12.0 Å². The maximum absolute atomic E-state index is 5.56. The highest BCUT2D eigenvalue weighted by Gasteiger charge is 2.33. The molecule has 1 aliphatic carbocycles. The molecule has 0 amide bonds. The van der Waals surface area contributed by atoms with Crippen LogP contribution in [-0.2, 0) is 11.8 Å². The summed E-state index contributed by atoms with van der Waals surface area (Å²) in [7, 11) is 0. The fraction of sp³-hybridized carbons (Fsp3) is 0.391. The smallest absolute Gasteiger partial charge is 0.226 e. The van der Waals surface area contributed by atoms with E-state index in [1.165, 1.54) is 43.2 Å². The van der Waals surface area contributed by atoms with E-state index >= 15 is 0 Å². The molecule has 0 aliphatic heterocycles. The normalized spacial score (nSPS) is 16.5. The molecule has 0 atom stereocenters. The van der Waals surface area contributed by atoms with Gasteiger partial charge in [0.15, 0.2) is 0 Å². The van der Waals surface area contributed by atoms with Crippen LogP contribution < -0.4 is 0 Å². The van der Waals surface area contributed by atoms with Crippen molar-refractivity contribution in [3.8, 4) is 11.4 Å². The van der Waals surface area contributed by atoms with Crippen LogP contribution in [0.15, 0.2) is 59.1 Å². The fourth-order valence-electron chi connectivity index (χ4n) is 4.23. The van der Waals surface area contributed by atoms with Crippen molar-refractivity contribution < 1.29 is 4.52 Å². The molecule has 4 rings (SSSR count). The summed E-state index contributed by atoms with van der Waals surface area (Å²) in [5.41, 5.74) is 3.98. The van der Waals surface area contributed by atoms with Gasteiger partial charge in [-0.25, -0.2) is 0 Å². The van der Waals surface area contributed by atoms with Crippen LogP contribution in [0, 0.1) is 6.92 Å². The Morgan fingerprint density at radius 1 is 0.923 bits per heavy atom. The number of nitrogens with zero attached hydrogens (tertiary/aromatic N) is 2. The Bertz CT molecular complexity index is 830. The van der Waals surface area contributed by atoms with Gasteiger partial charge in [0.05, 0.1) is 0 Å². The number of benzene rings is 2. The van der Waals surface area contributed by atoms with E-state index in [1.54, 1.807) is 0 Å². The van der Waals surface area contributed by atoms with Gasteiger partial charge in [0.1, 0.15) is 0 Å². The first kappa shape index (κ1) is 17.0. The van der Waals surface area contributed by atoms with Gasteiger partial charge in [0.25, 0.3) is 0 Å². The zero-order valence-electron chi connectivity index (χ0n) is 15.4. The van der Waals surface area contributed by atoms with Crippen molar-refractivity contribution in [3.63, 3.8) is 0 Å². The minimum Gasteiger partial charge on any atom is -0.339 e. The standard InChI is InChI=1S/C23H26N2O/c1-18-10-12-19(13-11-18)22-24-21(26-25-22)14-17-23(15-6-3-7-16-23)20-8-4-2-5-9-20/h2,4-5,8-13H,3,6-7,14-17H2,1H3. The Labute approximate surface area is 155 Å². The second kappa shape index (κ2) is 7.45. The van der Waals surface area contributed by atoms with Crippen LogP contribution in [0.5, 0.6) is 0 Å². The number of aromatic nitrogens is 2. The fourth-order valence-corrected chi connectivity index (χ4v) is 4.23. The van der Waals surface area contributed by atoms with Gasteiger partial charge in [-0.05, 0) is 37.2 Å². The van der Waals surface area contributed by atoms with E-state index in [2.05, 4.69) is 71.7 Å². The summed E-state index contributed by atoms with van der Waals surface area (Å²) in [4.78, 5) is 4.64. The predicted molar refractivity (Wildman–Crippen MR) is 104 cm³/mol. The molecule has 1 saturated carbocycles. The van der Waals surface area contributed by atoms with Gasteiger partial charge in [-0.2, -0.15) is 4.98 Å². The van der Waals surface area contributed by atoms with E-state index in [4.69, 9.17) is 4.52 Å². The van der Waals surface area contributed by atoms with E-state index in [1.807, 2.05) is 0 Å². The zero-order chi connectivity index (χ0) is 17.8. The van der Waals surface area contributed by atoms with E-state index in [-0.39, 0.29) is 5.41 Å². The van der Waals surface area contributed by atoms with Crippen molar-refractivity contribution in [3.05, 3.63) is 71.6 Å². The number of rotatable bonds is 5. The third kappa shape index (κ3) is 3.57. The second-order valence-corrected chi connectivity index (χ2v) is 7.58. The van der Waals surface area contributed by atoms with Crippen LogP contribution in [0.4, 0.5) is 0 Å². The van der Waals surface area contributed by atoms with E-state index in [0.29, 0.717) is 5.82 Å². The summed E-state index contributed by atoms with van der Waals surface area (Å²) in [6, 6.07) is 19.3. The van der Waals surface area contributed by atoms with Crippen molar-refractivity contribution >= 4 is 0 Å². The van der Waals surface area contributed by atoms with Gasteiger partial charge >= 0.3 is 0 Å². The highest BCUT2D eigenvalue weighted by atomic mass is 16.5. The van der Waals surface area contributed by atoms with Crippen molar-refractivity contribution in [1.29, 1.82) is 0 Å². The molecular weight excluding hydrogens is 320 g/mol. The van der Waals surface area contributed by atoms with Crippen molar-refractivity contribution in [2.24, 2.45) is 0 Å². The Balaban J connectivity index is 1.51. The quantitative estimate of drug-likeness (QED) is 0.579. The molecule has 0 bridgehead atoms. The third-order valence-electron chi connectivity index (χ3n) is 5.79. The topological polar surface area (TPSA) is 38.9 Å². The van der Waals surface area contributed by atoms with Crippen LogP contribution in [-0.4, -0.2) is 10.1 Å². The van der Waals surface area contributed by atoms with Gasteiger partial charge in [-0.3, -0.25) is 0 Å². The molecule has 3 nitrogen and oxygen atoms in total.